The molecule has 0 saturated heterocycles. The van der Waals surface area contributed by atoms with Crippen molar-refractivity contribution in [1.29, 1.82) is 0 Å². The minimum atomic E-state index is 0.644. The van der Waals surface area contributed by atoms with Crippen LogP contribution in [0.1, 0.15) is 30.3 Å². The summed E-state index contributed by atoms with van der Waals surface area (Å²) in [6.45, 7) is 2.21. The topological polar surface area (TPSA) is 77.8 Å². The van der Waals surface area contributed by atoms with Crippen molar-refractivity contribution in [2.75, 3.05) is 25.6 Å². The highest BCUT2D eigenvalue weighted by Crippen LogP contribution is 2.39. The van der Waals surface area contributed by atoms with E-state index < -0.39 is 0 Å². The Labute approximate surface area is 123 Å². The zero-order chi connectivity index (χ0) is 14.5. The van der Waals surface area contributed by atoms with Crippen LogP contribution in [0.3, 0.4) is 0 Å². The molecule has 1 aliphatic carbocycles. The Morgan fingerprint density at radius 1 is 1.38 bits per heavy atom. The molecule has 1 fully saturated rings. The highest BCUT2D eigenvalue weighted by atomic mass is 16.5. The molecule has 0 radical (unpaired) electrons. The maximum Gasteiger partial charge on any atom is 0.134 e. The number of methoxy groups -OCH3 is 1. The van der Waals surface area contributed by atoms with Crippen molar-refractivity contribution in [2.24, 2.45) is 0 Å². The molecule has 1 N–H and O–H groups in total. The molecule has 3 rings (SSSR count). The SMILES string of the molecule is COCCn1cnnc1CCNc1cc(C2CC2)ncn1. The van der Waals surface area contributed by atoms with E-state index in [0.29, 0.717) is 12.5 Å². The van der Waals surface area contributed by atoms with E-state index in [4.69, 9.17) is 4.74 Å². The number of hydrogen-bond donors (Lipinski definition) is 1. The molecule has 0 atom stereocenters. The average molecular weight is 288 g/mol. The minimum Gasteiger partial charge on any atom is -0.383 e. The summed E-state index contributed by atoms with van der Waals surface area (Å²) in [6.07, 6.45) is 6.67. The van der Waals surface area contributed by atoms with E-state index >= 15 is 0 Å². The number of rotatable bonds is 8. The van der Waals surface area contributed by atoms with Crippen LogP contribution in [0.4, 0.5) is 5.82 Å². The molecule has 0 aromatic carbocycles. The summed E-state index contributed by atoms with van der Waals surface area (Å²) in [4.78, 5) is 8.57. The fraction of sp³-hybridized carbons (Fsp3) is 0.571. The van der Waals surface area contributed by atoms with Gasteiger partial charge in [-0.1, -0.05) is 0 Å². The fourth-order valence-corrected chi connectivity index (χ4v) is 2.22. The van der Waals surface area contributed by atoms with Crippen LogP contribution in [0.5, 0.6) is 0 Å². The fourth-order valence-electron chi connectivity index (χ4n) is 2.22. The lowest BCUT2D eigenvalue weighted by molar-refractivity contribution is 0.186. The van der Waals surface area contributed by atoms with Gasteiger partial charge in [-0.15, -0.1) is 10.2 Å². The number of hydrogen-bond acceptors (Lipinski definition) is 6. The predicted molar refractivity (Wildman–Crippen MR) is 78.1 cm³/mol. The largest absolute Gasteiger partial charge is 0.383 e. The lowest BCUT2D eigenvalue weighted by atomic mass is 10.3. The highest BCUT2D eigenvalue weighted by Gasteiger charge is 2.25. The summed E-state index contributed by atoms with van der Waals surface area (Å²) in [6, 6.07) is 2.05. The van der Waals surface area contributed by atoms with Crippen molar-refractivity contribution >= 4 is 5.82 Å². The van der Waals surface area contributed by atoms with Gasteiger partial charge in [-0.25, -0.2) is 9.97 Å². The molecule has 1 aliphatic rings. The van der Waals surface area contributed by atoms with Crippen molar-refractivity contribution < 1.29 is 4.74 Å². The maximum absolute atomic E-state index is 5.08. The standard InChI is InChI=1S/C14H20N6O/c1-21-7-6-20-10-18-19-14(20)4-5-15-13-8-12(11-2-3-11)16-9-17-13/h8-11H,2-7H2,1H3,(H,15,16,17). The van der Waals surface area contributed by atoms with E-state index in [-0.39, 0.29) is 0 Å². The first-order valence-corrected chi connectivity index (χ1v) is 7.28. The zero-order valence-corrected chi connectivity index (χ0v) is 12.2. The molecule has 2 aromatic rings. The van der Waals surface area contributed by atoms with Crippen LogP contribution in [0.2, 0.25) is 0 Å². The van der Waals surface area contributed by atoms with Crippen LogP contribution in [0.25, 0.3) is 0 Å². The van der Waals surface area contributed by atoms with Gasteiger partial charge in [0.25, 0.3) is 0 Å². The average Bonchev–Trinajstić information content (AvgIpc) is 3.27. The molecule has 0 spiro atoms. The Hall–Kier alpha value is -2.02. The Kier molecular flexibility index (Phi) is 4.40. The predicted octanol–water partition coefficient (Wildman–Crippen LogP) is 1.25. The third-order valence-corrected chi connectivity index (χ3v) is 3.57. The van der Waals surface area contributed by atoms with Crippen LogP contribution >= 0.6 is 0 Å². The molecule has 21 heavy (non-hydrogen) atoms. The third-order valence-electron chi connectivity index (χ3n) is 3.57. The molecule has 2 aromatic heterocycles. The van der Waals surface area contributed by atoms with Crippen molar-refractivity contribution in [3.05, 3.63) is 30.2 Å². The van der Waals surface area contributed by atoms with Gasteiger partial charge in [-0.05, 0) is 12.8 Å². The molecule has 0 bridgehead atoms. The van der Waals surface area contributed by atoms with E-state index in [9.17, 15) is 0 Å². The van der Waals surface area contributed by atoms with E-state index in [0.717, 1.165) is 36.8 Å². The number of ether oxygens (including phenoxy) is 1. The quantitative estimate of drug-likeness (QED) is 0.787. The summed E-state index contributed by atoms with van der Waals surface area (Å²) in [5.41, 5.74) is 1.15. The molecule has 0 aliphatic heterocycles. The van der Waals surface area contributed by atoms with Crippen molar-refractivity contribution in [3.63, 3.8) is 0 Å². The monoisotopic (exact) mass is 288 g/mol. The molecular weight excluding hydrogens is 268 g/mol. The molecule has 0 unspecified atom stereocenters. The smallest absolute Gasteiger partial charge is 0.134 e. The number of nitrogens with zero attached hydrogens (tertiary/aromatic N) is 5. The molecule has 7 nitrogen and oxygen atoms in total. The van der Waals surface area contributed by atoms with Crippen molar-refractivity contribution in [2.45, 2.75) is 31.7 Å². The molecular formula is C14H20N6O. The Bertz CT molecular complexity index is 580. The number of nitrogens with one attached hydrogen (secondary N) is 1. The van der Waals surface area contributed by atoms with Gasteiger partial charge in [0.1, 0.15) is 24.3 Å². The minimum absolute atomic E-state index is 0.644. The Morgan fingerprint density at radius 3 is 3.10 bits per heavy atom. The zero-order valence-electron chi connectivity index (χ0n) is 12.2. The number of aromatic nitrogens is 5. The number of anilines is 1. The first kappa shape index (κ1) is 13.9. The third kappa shape index (κ3) is 3.75. The van der Waals surface area contributed by atoms with Gasteiger partial charge in [-0.3, -0.25) is 0 Å². The van der Waals surface area contributed by atoms with Crippen LogP contribution < -0.4 is 5.32 Å². The normalized spacial score (nSPS) is 14.3. The van der Waals surface area contributed by atoms with Crippen LogP contribution in [-0.4, -0.2) is 45.0 Å². The summed E-state index contributed by atoms with van der Waals surface area (Å²) in [5, 5.41) is 11.4. The second-order valence-electron chi connectivity index (χ2n) is 5.21. The summed E-state index contributed by atoms with van der Waals surface area (Å²) >= 11 is 0. The summed E-state index contributed by atoms with van der Waals surface area (Å²) < 4.78 is 7.09. The molecule has 7 heteroatoms. The molecule has 2 heterocycles. The van der Waals surface area contributed by atoms with Gasteiger partial charge in [-0.2, -0.15) is 0 Å². The molecule has 0 amide bonds. The van der Waals surface area contributed by atoms with Gasteiger partial charge in [0.2, 0.25) is 0 Å². The Morgan fingerprint density at radius 2 is 2.29 bits per heavy atom. The van der Waals surface area contributed by atoms with Gasteiger partial charge in [0.05, 0.1) is 6.61 Å². The second kappa shape index (κ2) is 6.62. The van der Waals surface area contributed by atoms with Gasteiger partial charge in [0.15, 0.2) is 0 Å². The van der Waals surface area contributed by atoms with Crippen molar-refractivity contribution in [3.8, 4) is 0 Å². The first-order valence-electron chi connectivity index (χ1n) is 7.28. The van der Waals surface area contributed by atoms with Gasteiger partial charge >= 0.3 is 0 Å². The van der Waals surface area contributed by atoms with Crippen LogP contribution in [0, 0.1) is 0 Å². The Balaban J connectivity index is 1.51. The lowest BCUT2D eigenvalue weighted by Crippen LogP contribution is -2.13. The maximum atomic E-state index is 5.08. The van der Waals surface area contributed by atoms with E-state index in [1.807, 2.05) is 10.6 Å². The highest BCUT2D eigenvalue weighted by molar-refractivity contribution is 5.36. The van der Waals surface area contributed by atoms with E-state index in [1.165, 1.54) is 12.8 Å². The summed E-state index contributed by atoms with van der Waals surface area (Å²) in [7, 11) is 1.69. The van der Waals surface area contributed by atoms with Crippen LogP contribution in [-0.2, 0) is 17.7 Å². The van der Waals surface area contributed by atoms with Gasteiger partial charge in [0, 0.05) is 44.3 Å². The van der Waals surface area contributed by atoms with E-state index in [1.54, 1.807) is 19.8 Å². The first-order chi connectivity index (χ1) is 10.4. The molecule has 112 valence electrons. The lowest BCUT2D eigenvalue weighted by Gasteiger charge is -2.08. The summed E-state index contributed by atoms with van der Waals surface area (Å²) in [5.74, 6) is 2.48. The van der Waals surface area contributed by atoms with Crippen molar-refractivity contribution in [1.82, 2.24) is 24.7 Å². The molecule has 1 saturated carbocycles. The van der Waals surface area contributed by atoms with E-state index in [2.05, 4.69) is 25.5 Å². The van der Waals surface area contributed by atoms with Gasteiger partial charge < -0.3 is 14.6 Å². The second-order valence-corrected chi connectivity index (χ2v) is 5.21. The van der Waals surface area contributed by atoms with Crippen LogP contribution in [0.15, 0.2) is 18.7 Å².